The molecule has 1 atom stereocenters. The van der Waals surface area contributed by atoms with Crippen molar-refractivity contribution < 1.29 is 14.5 Å². The van der Waals surface area contributed by atoms with Crippen LogP contribution in [0, 0.1) is 10.1 Å². The standard InChI is InChI=1S/C18H18N4O4/c23-18(8-5-14-3-6-15(7-4-14)22(24)25)21-11-1-2-16(13-21)26-17-12-19-9-10-20-17/h3-10,12,16H,1-2,11,13H2/b8-5+. The largest absolute Gasteiger partial charge is 0.471 e. The highest BCUT2D eigenvalue weighted by atomic mass is 16.6. The molecule has 1 aliphatic heterocycles. The second-order valence-electron chi connectivity index (χ2n) is 5.89. The number of hydrogen-bond acceptors (Lipinski definition) is 6. The molecule has 0 N–H and O–H groups in total. The van der Waals surface area contributed by atoms with Crippen LogP contribution in [0.15, 0.2) is 48.9 Å². The number of rotatable bonds is 5. The van der Waals surface area contributed by atoms with Gasteiger partial charge in [-0.3, -0.25) is 19.9 Å². The highest BCUT2D eigenvalue weighted by Crippen LogP contribution is 2.17. The lowest BCUT2D eigenvalue weighted by Gasteiger charge is -2.31. The Morgan fingerprint density at radius 3 is 2.81 bits per heavy atom. The molecule has 3 rings (SSSR count). The zero-order valence-corrected chi connectivity index (χ0v) is 14.0. The number of carbonyl (C=O) groups excluding carboxylic acids is 1. The van der Waals surface area contributed by atoms with Gasteiger partial charge in [-0.1, -0.05) is 0 Å². The van der Waals surface area contributed by atoms with E-state index in [9.17, 15) is 14.9 Å². The number of carbonyl (C=O) groups is 1. The number of ether oxygens (including phenoxy) is 1. The van der Waals surface area contributed by atoms with Crippen LogP contribution in [0.4, 0.5) is 5.69 Å². The monoisotopic (exact) mass is 354 g/mol. The lowest BCUT2D eigenvalue weighted by atomic mass is 10.1. The molecule has 1 aromatic carbocycles. The quantitative estimate of drug-likeness (QED) is 0.465. The van der Waals surface area contributed by atoms with E-state index in [1.165, 1.54) is 18.2 Å². The Bertz CT molecular complexity index is 793. The number of non-ortho nitro benzene ring substituents is 1. The van der Waals surface area contributed by atoms with Crippen molar-refractivity contribution in [2.45, 2.75) is 18.9 Å². The van der Waals surface area contributed by atoms with Crippen LogP contribution in [-0.4, -0.2) is 44.9 Å². The van der Waals surface area contributed by atoms with Gasteiger partial charge >= 0.3 is 0 Å². The number of nitrogens with zero attached hydrogens (tertiary/aromatic N) is 4. The minimum Gasteiger partial charge on any atom is -0.471 e. The Labute approximate surface area is 150 Å². The summed E-state index contributed by atoms with van der Waals surface area (Å²) in [5.41, 5.74) is 0.752. The summed E-state index contributed by atoms with van der Waals surface area (Å²) in [7, 11) is 0. The summed E-state index contributed by atoms with van der Waals surface area (Å²) >= 11 is 0. The number of nitro groups is 1. The number of hydrogen-bond donors (Lipinski definition) is 0. The fourth-order valence-corrected chi connectivity index (χ4v) is 2.73. The maximum Gasteiger partial charge on any atom is 0.269 e. The highest BCUT2D eigenvalue weighted by molar-refractivity contribution is 5.91. The molecule has 0 saturated carbocycles. The molecule has 0 aliphatic carbocycles. The van der Waals surface area contributed by atoms with Crippen molar-refractivity contribution in [3.05, 3.63) is 64.6 Å². The van der Waals surface area contributed by atoms with Gasteiger partial charge in [-0.15, -0.1) is 0 Å². The van der Waals surface area contributed by atoms with E-state index in [4.69, 9.17) is 4.74 Å². The first-order chi connectivity index (χ1) is 12.6. The molecule has 26 heavy (non-hydrogen) atoms. The van der Waals surface area contributed by atoms with Crippen LogP contribution in [0.3, 0.4) is 0 Å². The van der Waals surface area contributed by atoms with Crippen molar-refractivity contribution in [1.82, 2.24) is 14.9 Å². The first kappa shape index (κ1) is 17.5. The number of amides is 1. The van der Waals surface area contributed by atoms with Crippen molar-refractivity contribution in [2.24, 2.45) is 0 Å². The topological polar surface area (TPSA) is 98.5 Å². The van der Waals surface area contributed by atoms with Crippen molar-refractivity contribution in [2.75, 3.05) is 13.1 Å². The van der Waals surface area contributed by atoms with Gasteiger partial charge in [-0.05, 0) is 36.6 Å². The Morgan fingerprint density at radius 1 is 1.31 bits per heavy atom. The van der Waals surface area contributed by atoms with Gasteiger partial charge in [-0.25, -0.2) is 4.98 Å². The Hall–Kier alpha value is -3.29. The van der Waals surface area contributed by atoms with Crippen molar-refractivity contribution >= 4 is 17.7 Å². The number of aromatic nitrogens is 2. The van der Waals surface area contributed by atoms with Crippen LogP contribution in [0.2, 0.25) is 0 Å². The SMILES string of the molecule is O=C(/C=C/c1ccc([N+](=O)[O-])cc1)N1CCCC(Oc2cnccn2)C1. The number of nitro benzene ring substituents is 1. The third-order valence-corrected chi connectivity index (χ3v) is 4.04. The van der Waals surface area contributed by atoms with Crippen molar-refractivity contribution in [3.8, 4) is 5.88 Å². The average molecular weight is 354 g/mol. The van der Waals surface area contributed by atoms with Gasteiger partial charge in [0.15, 0.2) is 0 Å². The van der Waals surface area contributed by atoms with E-state index in [2.05, 4.69) is 9.97 Å². The zero-order chi connectivity index (χ0) is 18.4. The molecule has 1 aromatic heterocycles. The van der Waals surface area contributed by atoms with Crippen LogP contribution in [-0.2, 0) is 4.79 Å². The van der Waals surface area contributed by atoms with Gasteiger partial charge in [0.1, 0.15) is 6.10 Å². The third-order valence-electron chi connectivity index (χ3n) is 4.04. The fourth-order valence-electron chi connectivity index (χ4n) is 2.73. The van der Waals surface area contributed by atoms with Crippen LogP contribution in [0.1, 0.15) is 18.4 Å². The minimum atomic E-state index is -0.455. The van der Waals surface area contributed by atoms with Crippen LogP contribution < -0.4 is 4.74 Å². The number of likely N-dealkylation sites (tertiary alicyclic amines) is 1. The van der Waals surface area contributed by atoms with Gasteiger partial charge in [-0.2, -0.15) is 0 Å². The summed E-state index contributed by atoms with van der Waals surface area (Å²) in [5, 5.41) is 10.7. The van der Waals surface area contributed by atoms with Crippen molar-refractivity contribution in [1.29, 1.82) is 0 Å². The maximum absolute atomic E-state index is 12.4. The van der Waals surface area contributed by atoms with Gasteiger partial charge in [0.2, 0.25) is 11.8 Å². The average Bonchev–Trinajstić information content (AvgIpc) is 2.67. The zero-order valence-electron chi connectivity index (χ0n) is 14.0. The van der Waals surface area contributed by atoms with E-state index < -0.39 is 4.92 Å². The smallest absolute Gasteiger partial charge is 0.269 e. The molecular formula is C18H18N4O4. The molecule has 8 heteroatoms. The lowest BCUT2D eigenvalue weighted by Crippen LogP contribution is -2.43. The predicted molar refractivity (Wildman–Crippen MR) is 94.4 cm³/mol. The normalized spacial score (nSPS) is 17.2. The van der Waals surface area contributed by atoms with E-state index in [0.29, 0.717) is 19.0 Å². The Balaban J connectivity index is 1.57. The first-order valence-electron chi connectivity index (χ1n) is 8.26. The molecule has 134 valence electrons. The molecule has 2 aromatic rings. The molecule has 1 fully saturated rings. The van der Waals surface area contributed by atoms with Crippen LogP contribution >= 0.6 is 0 Å². The van der Waals surface area contributed by atoms with Gasteiger partial charge in [0.25, 0.3) is 5.69 Å². The summed E-state index contributed by atoms with van der Waals surface area (Å²) in [6.07, 6.45) is 9.41. The molecule has 0 spiro atoms. The highest BCUT2D eigenvalue weighted by Gasteiger charge is 2.24. The lowest BCUT2D eigenvalue weighted by molar-refractivity contribution is -0.384. The summed E-state index contributed by atoms with van der Waals surface area (Å²) in [4.78, 5) is 32.4. The molecule has 1 aliphatic rings. The molecular weight excluding hydrogens is 336 g/mol. The second kappa shape index (κ2) is 8.19. The summed E-state index contributed by atoms with van der Waals surface area (Å²) in [6.45, 7) is 1.16. The number of benzene rings is 1. The summed E-state index contributed by atoms with van der Waals surface area (Å²) < 4.78 is 5.78. The van der Waals surface area contributed by atoms with Crippen molar-refractivity contribution in [3.63, 3.8) is 0 Å². The van der Waals surface area contributed by atoms with Gasteiger partial charge in [0, 0.05) is 37.1 Å². The fraction of sp³-hybridized carbons (Fsp3) is 0.278. The van der Waals surface area contributed by atoms with E-state index in [1.807, 2.05) is 0 Å². The Morgan fingerprint density at radius 2 is 2.12 bits per heavy atom. The molecule has 1 saturated heterocycles. The number of piperidine rings is 1. The van der Waals surface area contributed by atoms with E-state index in [-0.39, 0.29) is 17.7 Å². The Kier molecular flexibility index (Phi) is 5.52. The van der Waals surface area contributed by atoms with Crippen LogP contribution in [0.25, 0.3) is 6.08 Å². The van der Waals surface area contributed by atoms with E-state index in [1.54, 1.807) is 41.7 Å². The third kappa shape index (κ3) is 4.62. The van der Waals surface area contributed by atoms with Crippen LogP contribution in [0.5, 0.6) is 5.88 Å². The molecule has 2 heterocycles. The van der Waals surface area contributed by atoms with Gasteiger partial charge < -0.3 is 9.64 Å². The van der Waals surface area contributed by atoms with E-state index >= 15 is 0 Å². The molecule has 0 radical (unpaired) electrons. The summed E-state index contributed by atoms with van der Waals surface area (Å²) in [5.74, 6) is 0.337. The second-order valence-corrected chi connectivity index (χ2v) is 5.89. The molecule has 1 unspecified atom stereocenters. The minimum absolute atomic E-state index is 0.0218. The van der Waals surface area contributed by atoms with Gasteiger partial charge in [0.05, 0.1) is 17.7 Å². The maximum atomic E-state index is 12.4. The predicted octanol–water partition coefficient (Wildman–Crippen LogP) is 2.47. The molecule has 8 nitrogen and oxygen atoms in total. The first-order valence-corrected chi connectivity index (χ1v) is 8.26. The molecule has 0 bridgehead atoms. The summed E-state index contributed by atoms with van der Waals surface area (Å²) in [6, 6.07) is 6.04. The van der Waals surface area contributed by atoms with E-state index in [0.717, 1.165) is 18.4 Å². The molecule has 1 amide bonds.